The Hall–Kier alpha value is -1.40. The van der Waals surface area contributed by atoms with Crippen LogP contribution in [0.1, 0.15) is 72.6 Å². The van der Waals surface area contributed by atoms with Gasteiger partial charge in [0.05, 0.1) is 13.7 Å². The van der Waals surface area contributed by atoms with Gasteiger partial charge >= 0.3 is 11.9 Å². The number of hydroxylamine groups is 1. The lowest BCUT2D eigenvalue weighted by Gasteiger charge is -2.56. The van der Waals surface area contributed by atoms with Crippen molar-refractivity contribution in [3.05, 3.63) is 12.2 Å². The fourth-order valence-corrected chi connectivity index (χ4v) is 7.16. The Morgan fingerprint density at radius 2 is 1.84 bits per heavy atom. The summed E-state index contributed by atoms with van der Waals surface area (Å²) in [5.74, 6) is 1.21. The molecule has 6 nitrogen and oxygen atoms in total. The number of carbonyl (C=O) groups excluding carboxylic acids is 2. The molecule has 7 unspecified atom stereocenters. The summed E-state index contributed by atoms with van der Waals surface area (Å²) < 4.78 is 11.1. The van der Waals surface area contributed by atoms with E-state index >= 15 is 0 Å². The van der Waals surface area contributed by atoms with Crippen LogP contribution in [0.2, 0.25) is 0 Å². The van der Waals surface area contributed by atoms with Gasteiger partial charge in [-0.3, -0.25) is 9.59 Å². The lowest BCUT2D eigenvalue weighted by molar-refractivity contribution is -0.161. The minimum absolute atomic E-state index is 0.0113. The summed E-state index contributed by atoms with van der Waals surface area (Å²) in [5, 5.41) is 0. The molecule has 0 saturated heterocycles. The summed E-state index contributed by atoms with van der Waals surface area (Å²) >= 11 is 0. The Morgan fingerprint density at radius 3 is 2.48 bits per heavy atom. The average Bonchev–Trinajstić information content (AvgIpc) is 3.01. The monoisotopic (exact) mass is 435 g/mol. The van der Waals surface area contributed by atoms with Crippen LogP contribution in [0.15, 0.2) is 12.2 Å². The second kappa shape index (κ2) is 9.62. The first-order valence-corrected chi connectivity index (χ1v) is 11.9. The van der Waals surface area contributed by atoms with Crippen LogP contribution in [0.25, 0.3) is 0 Å². The molecule has 0 bridgehead atoms. The first-order chi connectivity index (χ1) is 14.6. The Labute approximate surface area is 187 Å². The summed E-state index contributed by atoms with van der Waals surface area (Å²) in [5.41, 5.74) is 4.78. The number of hydrogen-bond donors (Lipinski definition) is 1. The molecule has 7 atom stereocenters. The fourth-order valence-electron chi connectivity index (χ4n) is 7.16. The van der Waals surface area contributed by atoms with Crippen LogP contribution in [0, 0.1) is 34.5 Å². The Kier molecular flexibility index (Phi) is 7.52. The molecule has 1 N–H and O–H groups in total. The highest BCUT2D eigenvalue weighted by atomic mass is 16.6. The third kappa shape index (κ3) is 4.85. The molecule has 0 aromatic heterocycles. The largest absolute Gasteiger partial charge is 0.466 e. The van der Waals surface area contributed by atoms with Gasteiger partial charge < -0.3 is 14.3 Å². The SMILES string of the molecule is C=C1CCC2C(CNOC)C(C3(C)CCC(OC(C)=O)CC3COC(C)=O)CCC12C. The molecule has 176 valence electrons. The van der Waals surface area contributed by atoms with Crippen LogP contribution in [0.5, 0.6) is 0 Å². The van der Waals surface area contributed by atoms with Gasteiger partial charge in [-0.15, -0.1) is 0 Å². The zero-order valence-corrected chi connectivity index (χ0v) is 20.0. The zero-order valence-electron chi connectivity index (χ0n) is 20.0. The topological polar surface area (TPSA) is 73.9 Å². The summed E-state index contributed by atoms with van der Waals surface area (Å²) in [7, 11) is 1.68. The number of nitrogens with one attached hydrogen (secondary N) is 1. The van der Waals surface area contributed by atoms with Gasteiger partial charge in [-0.1, -0.05) is 26.0 Å². The number of esters is 2. The molecule has 0 spiro atoms. The number of allylic oxidation sites excluding steroid dienone is 1. The maximum atomic E-state index is 11.6. The van der Waals surface area contributed by atoms with Gasteiger partial charge in [0.1, 0.15) is 6.10 Å². The maximum Gasteiger partial charge on any atom is 0.302 e. The third-order valence-electron chi connectivity index (χ3n) is 9.01. The maximum absolute atomic E-state index is 11.6. The molecular weight excluding hydrogens is 394 g/mol. The Balaban J connectivity index is 1.88. The van der Waals surface area contributed by atoms with Crippen LogP contribution in [0.3, 0.4) is 0 Å². The smallest absolute Gasteiger partial charge is 0.302 e. The van der Waals surface area contributed by atoms with Crippen LogP contribution in [-0.4, -0.2) is 38.3 Å². The van der Waals surface area contributed by atoms with Crippen molar-refractivity contribution in [1.82, 2.24) is 5.48 Å². The lowest BCUT2D eigenvalue weighted by atomic mass is 9.49. The van der Waals surface area contributed by atoms with Gasteiger partial charge in [0.2, 0.25) is 0 Å². The van der Waals surface area contributed by atoms with E-state index in [1.165, 1.54) is 25.8 Å². The van der Waals surface area contributed by atoms with Crippen molar-refractivity contribution in [2.75, 3.05) is 20.3 Å². The van der Waals surface area contributed by atoms with Gasteiger partial charge in [0.25, 0.3) is 0 Å². The Bertz CT molecular complexity index is 693. The van der Waals surface area contributed by atoms with Crippen molar-refractivity contribution >= 4 is 11.9 Å². The quantitative estimate of drug-likeness (QED) is 0.362. The standard InChI is InChI=1S/C25H41NO5/c1-16-7-8-22-21(14-26-29-6)23(10-12-24(16,22)4)25(5)11-9-20(31-18(3)28)13-19(25)15-30-17(2)27/h19-23,26H,1,7-15H2,2-6H3. The molecule has 3 fully saturated rings. The number of rotatable bonds is 7. The van der Waals surface area contributed by atoms with Crippen LogP contribution in [-0.2, 0) is 23.9 Å². The number of ether oxygens (including phenoxy) is 2. The molecule has 3 saturated carbocycles. The molecule has 0 amide bonds. The first kappa shape index (κ1) is 24.2. The zero-order chi connectivity index (χ0) is 22.8. The highest BCUT2D eigenvalue weighted by molar-refractivity contribution is 5.66. The first-order valence-electron chi connectivity index (χ1n) is 11.9. The highest BCUT2D eigenvalue weighted by Gasteiger charge is 2.57. The number of hydrogen-bond acceptors (Lipinski definition) is 6. The predicted molar refractivity (Wildman–Crippen MR) is 119 cm³/mol. The van der Waals surface area contributed by atoms with Crippen LogP contribution in [0.4, 0.5) is 0 Å². The molecule has 3 aliphatic rings. The van der Waals surface area contributed by atoms with Crippen molar-refractivity contribution in [2.24, 2.45) is 34.5 Å². The van der Waals surface area contributed by atoms with Crippen molar-refractivity contribution in [3.8, 4) is 0 Å². The van der Waals surface area contributed by atoms with E-state index in [0.717, 1.165) is 45.1 Å². The van der Waals surface area contributed by atoms with Gasteiger partial charge in [0.15, 0.2) is 0 Å². The highest BCUT2D eigenvalue weighted by Crippen LogP contribution is 2.63. The lowest BCUT2D eigenvalue weighted by Crippen LogP contribution is -2.53. The van der Waals surface area contributed by atoms with E-state index in [2.05, 4.69) is 25.9 Å². The van der Waals surface area contributed by atoms with Gasteiger partial charge in [-0.05, 0) is 73.5 Å². The van der Waals surface area contributed by atoms with Gasteiger partial charge in [-0.2, -0.15) is 0 Å². The van der Waals surface area contributed by atoms with Gasteiger partial charge in [0, 0.05) is 26.3 Å². The average molecular weight is 436 g/mol. The molecule has 31 heavy (non-hydrogen) atoms. The third-order valence-corrected chi connectivity index (χ3v) is 9.01. The molecular formula is C25H41NO5. The van der Waals surface area contributed by atoms with E-state index in [9.17, 15) is 9.59 Å². The van der Waals surface area contributed by atoms with E-state index in [-0.39, 0.29) is 34.8 Å². The van der Waals surface area contributed by atoms with Crippen molar-refractivity contribution in [3.63, 3.8) is 0 Å². The van der Waals surface area contributed by atoms with E-state index in [1.54, 1.807) is 7.11 Å². The van der Waals surface area contributed by atoms with E-state index in [1.807, 2.05) is 0 Å². The van der Waals surface area contributed by atoms with Gasteiger partial charge in [-0.25, -0.2) is 5.48 Å². The Morgan fingerprint density at radius 1 is 1.10 bits per heavy atom. The second-order valence-electron chi connectivity index (χ2n) is 10.5. The normalized spacial score (nSPS) is 40.3. The molecule has 0 radical (unpaired) electrons. The summed E-state index contributed by atoms with van der Waals surface area (Å²) in [4.78, 5) is 28.5. The van der Waals surface area contributed by atoms with E-state index in [0.29, 0.717) is 24.4 Å². The van der Waals surface area contributed by atoms with E-state index in [4.69, 9.17) is 14.3 Å². The molecule has 3 aliphatic carbocycles. The summed E-state index contributed by atoms with van der Waals surface area (Å²) in [6.45, 7) is 13.3. The molecule has 0 aromatic rings. The van der Waals surface area contributed by atoms with Crippen molar-refractivity contribution in [1.29, 1.82) is 0 Å². The second-order valence-corrected chi connectivity index (χ2v) is 10.5. The number of fused-ring (bicyclic) bond motifs is 1. The van der Waals surface area contributed by atoms with Crippen LogP contribution < -0.4 is 5.48 Å². The molecule has 0 aromatic carbocycles. The van der Waals surface area contributed by atoms with Crippen molar-refractivity contribution < 1.29 is 23.9 Å². The fraction of sp³-hybridized carbons (Fsp3) is 0.840. The molecule has 0 aliphatic heterocycles. The molecule has 0 heterocycles. The predicted octanol–water partition coefficient (Wildman–Crippen LogP) is 4.44. The van der Waals surface area contributed by atoms with Crippen molar-refractivity contribution in [2.45, 2.75) is 78.7 Å². The molecule has 3 rings (SSSR count). The van der Waals surface area contributed by atoms with Crippen LogP contribution >= 0.6 is 0 Å². The summed E-state index contributed by atoms with van der Waals surface area (Å²) in [6, 6.07) is 0. The summed E-state index contributed by atoms with van der Waals surface area (Å²) in [6.07, 6.45) is 7.07. The molecule has 6 heteroatoms. The van der Waals surface area contributed by atoms with E-state index < -0.39 is 0 Å². The minimum atomic E-state index is -0.252. The minimum Gasteiger partial charge on any atom is -0.466 e. The number of carbonyl (C=O) groups is 2.